The lowest BCUT2D eigenvalue weighted by Crippen LogP contribution is -2.45. The van der Waals surface area contributed by atoms with Crippen LogP contribution < -0.4 is 5.32 Å². The van der Waals surface area contributed by atoms with Gasteiger partial charge >= 0.3 is 0 Å². The van der Waals surface area contributed by atoms with Crippen LogP contribution in [0.4, 0.5) is 0 Å². The minimum Gasteiger partial charge on any atom is -0.394 e. The van der Waals surface area contributed by atoms with E-state index in [2.05, 4.69) is 79.9 Å². The number of aliphatic hydroxyl groups excluding tert-OH is 2. The van der Waals surface area contributed by atoms with Gasteiger partial charge in [-0.3, -0.25) is 4.79 Å². The third kappa shape index (κ3) is 27.4. The predicted molar refractivity (Wildman–Crippen MR) is 174 cm³/mol. The van der Waals surface area contributed by atoms with Gasteiger partial charge in [0, 0.05) is 6.42 Å². The van der Waals surface area contributed by atoms with Gasteiger partial charge in [-0.05, 0) is 70.6 Å². The second-order valence-electron chi connectivity index (χ2n) is 10.5. The Morgan fingerprint density at radius 3 is 1.75 bits per heavy atom. The Hall–Kier alpha value is -2.17. The van der Waals surface area contributed by atoms with Crippen LogP contribution in [-0.2, 0) is 4.79 Å². The fraction of sp³-hybridized carbons (Fsp3) is 0.639. The van der Waals surface area contributed by atoms with E-state index >= 15 is 0 Å². The van der Waals surface area contributed by atoms with Crippen molar-refractivity contribution in [2.45, 2.75) is 142 Å². The Balaban J connectivity index is 3.74. The van der Waals surface area contributed by atoms with Crippen molar-refractivity contribution in [1.29, 1.82) is 0 Å². The van der Waals surface area contributed by atoms with Crippen LogP contribution in [0.2, 0.25) is 0 Å². The Labute approximate surface area is 247 Å². The minimum absolute atomic E-state index is 0.0964. The smallest absolute Gasteiger partial charge is 0.220 e. The first kappa shape index (κ1) is 37.8. The molecule has 1 amide bonds. The first-order valence-electron chi connectivity index (χ1n) is 16.2. The van der Waals surface area contributed by atoms with Gasteiger partial charge in [-0.2, -0.15) is 0 Å². The van der Waals surface area contributed by atoms with E-state index in [-0.39, 0.29) is 12.5 Å². The maximum Gasteiger partial charge on any atom is 0.220 e. The van der Waals surface area contributed by atoms with E-state index in [4.69, 9.17) is 0 Å². The molecule has 4 heteroatoms. The zero-order chi connectivity index (χ0) is 29.4. The Bertz CT molecular complexity index is 732. The molecule has 0 saturated heterocycles. The summed E-state index contributed by atoms with van der Waals surface area (Å²) in [6.45, 7) is 4.09. The van der Waals surface area contributed by atoms with Gasteiger partial charge in [0.1, 0.15) is 0 Å². The van der Waals surface area contributed by atoms with Gasteiger partial charge in [0.05, 0.1) is 18.8 Å². The molecule has 0 aromatic heterocycles. The molecule has 0 rings (SSSR count). The monoisotopic (exact) mass is 555 g/mol. The Morgan fingerprint density at radius 2 is 1.12 bits per heavy atom. The summed E-state index contributed by atoms with van der Waals surface area (Å²) in [6.07, 6.45) is 44.1. The second kappa shape index (κ2) is 31.4. The van der Waals surface area contributed by atoms with Crippen LogP contribution in [0.15, 0.2) is 72.9 Å². The van der Waals surface area contributed by atoms with Gasteiger partial charge in [0.2, 0.25) is 5.91 Å². The molecular formula is C36H61NO3. The van der Waals surface area contributed by atoms with Crippen LogP contribution in [0, 0.1) is 0 Å². The molecule has 2 unspecified atom stereocenters. The molecule has 4 nitrogen and oxygen atoms in total. The van der Waals surface area contributed by atoms with Crippen molar-refractivity contribution < 1.29 is 15.0 Å². The number of hydrogen-bond acceptors (Lipinski definition) is 3. The summed E-state index contributed by atoms with van der Waals surface area (Å²) in [5.41, 5.74) is 0. The zero-order valence-electron chi connectivity index (χ0n) is 25.8. The summed E-state index contributed by atoms with van der Waals surface area (Å²) < 4.78 is 0. The van der Waals surface area contributed by atoms with Gasteiger partial charge in [-0.25, -0.2) is 0 Å². The molecule has 2 atom stereocenters. The van der Waals surface area contributed by atoms with E-state index in [1.807, 2.05) is 6.08 Å². The lowest BCUT2D eigenvalue weighted by atomic mass is 10.1. The van der Waals surface area contributed by atoms with E-state index in [0.717, 1.165) is 70.6 Å². The first-order valence-corrected chi connectivity index (χ1v) is 16.2. The summed E-state index contributed by atoms with van der Waals surface area (Å²) in [7, 11) is 0. The molecule has 0 aromatic rings. The highest BCUT2D eigenvalue weighted by Gasteiger charge is 2.17. The lowest BCUT2D eigenvalue weighted by Gasteiger charge is -2.19. The number of aliphatic hydroxyl groups is 2. The average Bonchev–Trinajstić information content (AvgIpc) is 2.96. The number of carbonyl (C=O) groups excluding carboxylic acids is 1. The van der Waals surface area contributed by atoms with Gasteiger partial charge in [-0.15, -0.1) is 0 Å². The third-order valence-electron chi connectivity index (χ3n) is 6.67. The van der Waals surface area contributed by atoms with Crippen LogP contribution >= 0.6 is 0 Å². The molecule has 0 fully saturated rings. The van der Waals surface area contributed by atoms with Crippen LogP contribution in [-0.4, -0.2) is 34.9 Å². The minimum atomic E-state index is -0.868. The molecule has 0 aromatic carbocycles. The van der Waals surface area contributed by atoms with Crippen molar-refractivity contribution in [3.63, 3.8) is 0 Å². The first-order chi connectivity index (χ1) is 19.7. The molecular weight excluding hydrogens is 494 g/mol. The Kier molecular flexibility index (Phi) is 29.7. The fourth-order valence-electron chi connectivity index (χ4n) is 4.18. The molecule has 0 aliphatic rings. The number of rotatable bonds is 27. The third-order valence-corrected chi connectivity index (χ3v) is 6.67. The lowest BCUT2D eigenvalue weighted by molar-refractivity contribution is -0.123. The summed E-state index contributed by atoms with van der Waals surface area (Å²) in [6, 6.07) is -0.647. The molecule has 0 saturated carbocycles. The van der Waals surface area contributed by atoms with Crippen molar-refractivity contribution in [3.8, 4) is 0 Å². The summed E-state index contributed by atoms with van der Waals surface area (Å²) in [4.78, 5) is 12.2. The number of allylic oxidation sites excluding steroid dienone is 11. The Morgan fingerprint density at radius 1 is 0.625 bits per heavy atom. The molecule has 0 radical (unpaired) electrons. The number of hydrogen-bond donors (Lipinski definition) is 3. The molecule has 0 aliphatic heterocycles. The number of unbranched alkanes of at least 4 members (excludes halogenated alkanes) is 10. The van der Waals surface area contributed by atoms with E-state index in [1.165, 1.54) is 38.5 Å². The van der Waals surface area contributed by atoms with Gasteiger partial charge in [0.15, 0.2) is 0 Å². The molecule has 0 aliphatic carbocycles. The highest BCUT2D eigenvalue weighted by atomic mass is 16.3. The molecule has 228 valence electrons. The number of carbonyl (C=O) groups is 1. The maximum absolute atomic E-state index is 12.2. The normalized spacial score (nSPS) is 14.2. The quantitative estimate of drug-likeness (QED) is 0.0699. The largest absolute Gasteiger partial charge is 0.394 e. The molecule has 0 heterocycles. The average molecular weight is 556 g/mol. The summed E-state index contributed by atoms with van der Waals surface area (Å²) in [5.74, 6) is -0.0964. The SMILES string of the molecule is CC/C=C\C/C=C\C/C=C\C/C=C\CCCCCCCCC(=O)NC(CO)C(O)/C=C/CC/C=C/CCCCC. The van der Waals surface area contributed by atoms with Crippen LogP contribution in [0.25, 0.3) is 0 Å². The molecule has 3 N–H and O–H groups in total. The molecule has 40 heavy (non-hydrogen) atoms. The molecule has 0 spiro atoms. The fourth-order valence-corrected chi connectivity index (χ4v) is 4.18. The highest BCUT2D eigenvalue weighted by Crippen LogP contribution is 2.10. The van der Waals surface area contributed by atoms with Crippen LogP contribution in [0.3, 0.4) is 0 Å². The topological polar surface area (TPSA) is 69.6 Å². The summed E-state index contributed by atoms with van der Waals surface area (Å²) in [5, 5.41) is 22.7. The van der Waals surface area contributed by atoms with E-state index in [9.17, 15) is 15.0 Å². The van der Waals surface area contributed by atoms with Gasteiger partial charge in [0.25, 0.3) is 0 Å². The second-order valence-corrected chi connectivity index (χ2v) is 10.5. The van der Waals surface area contributed by atoms with Gasteiger partial charge in [-0.1, -0.05) is 125 Å². The van der Waals surface area contributed by atoms with E-state index < -0.39 is 12.1 Å². The van der Waals surface area contributed by atoms with E-state index in [1.54, 1.807) is 6.08 Å². The number of amides is 1. The van der Waals surface area contributed by atoms with Crippen molar-refractivity contribution in [3.05, 3.63) is 72.9 Å². The van der Waals surface area contributed by atoms with Crippen molar-refractivity contribution in [2.24, 2.45) is 0 Å². The van der Waals surface area contributed by atoms with Crippen molar-refractivity contribution >= 4 is 5.91 Å². The van der Waals surface area contributed by atoms with Gasteiger partial charge < -0.3 is 15.5 Å². The maximum atomic E-state index is 12.2. The predicted octanol–water partition coefficient (Wildman–Crippen LogP) is 9.22. The van der Waals surface area contributed by atoms with Crippen LogP contribution in [0.1, 0.15) is 129 Å². The highest BCUT2D eigenvalue weighted by molar-refractivity contribution is 5.76. The van der Waals surface area contributed by atoms with E-state index in [0.29, 0.717) is 6.42 Å². The van der Waals surface area contributed by atoms with Crippen molar-refractivity contribution in [2.75, 3.05) is 6.61 Å². The number of nitrogens with one attached hydrogen (secondary N) is 1. The van der Waals surface area contributed by atoms with Crippen molar-refractivity contribution in [1.82, 2.24) is 5.32 Å². The standard InChI is InChI=1S/C36H61NO3/c1-3-5-7-9-11-13-14-15-16-17-18-19-20-21-22-24-26-28-30-32-36(40)37-34(33-38)35(39)31-29-27-25-23-12-10-8-6-4-2/h5,7,11-13,15-16,18-19,23,29,31,34-35,38-39H,3-4,6,8-10,14,17,20-22,24-28,30,32-33H2,1-2H3,(H,37,40)/b7-5-,13-11-,16-15-,19-18-,23-12+,31-29+. The molecule has 0 bridgehead atoms. The van der Waals surface area contributed by atoms with Crippen LogP contribution in [0.5, 0.6) is 0 Å². The zero-order valence-corrected chi connectivity index (χ0v) is 25.8. The summed E-state index contributed by atoms with van der Waals surface area (Å²) >= 11 is 0.